The van der Waals surface area contributed by atoms with Crippen LogP contribution < -0.4 is 0 Å². The fourth-order valence-corrected chi connectivity index (χ4v) is 3.56. The molecule has 0 saturated carbocycles. The summed E-state index contributed by atoms with van der Waals surface area (Å²) in [6, 6.07) is 9.42. The normalized spacial score (nSPS) is 12.5. The number of hydrogen-bond acceptors (Lipinski definition) is 0. The van der Waals surface area contributed by atoms with Crippen LogP contribution in [-0.2, 0) is 6.42 Å². The van der Waals surface area contributed by atoms with E-state index in [1.54, 1.807) is 11.1 Å². The first-order chi connectivity index (χ1) is 11.8. The molecule has 0 N–H and O–H groups in total. The summed E-state index contributed by atoms with van der Waals surface area (Å²) < 4.78 is 0. The Morgan fingerprint density at radius 3 is 1.96 bits per heavy atom. The third-order valence-corrected chi connectivity index (χ3v) is 5.33. The molecule has 0 heterocycles. The van der Waals surface area contributed by atoms with E-state index in [1.807, 2.05) is 0 Å². The summed E-state index contributed by atoms with van der Waals surface area (Å²) >= 11 is 0. The summed E-state index contributed by atoms with van der Waals surface area (Å²) in [6.45, 7) is 6.99. The van der Waals surface area contributed by atoms with E-state index in [4.69, 9.17) is 0 Å². The van der Waals surface area contributed by atoms with Gasteiger partial charge in [0.05, 0.1) is 0 Å². The first kappa shape index (κ1) is 21.3. The predicted molar refractivity (Wildman–Crippen MR) is 110 cm³/mol. The molecule has 0 nitrogen and oxygen atoms in total. The highest BCUT2D eigenvalue weighted by atomic mass is 14.1. The van der Waals surface area contributed by atoms with Crippen molar-refractivity contribution in [1.82, 2.24) is 0 Å². The van der Waals surface area contributed by atoms with Gasteiger partial charge in [0.15, 0.2) is 0 Å². The highest BCUT2D eigenvalue weighted by Gasteiger charge is 2.06. The van der Waals surface area contributed by atoms with E-state index in [-0.39, 0.29) is 0 Å². The van der Waals surface area contributed by atoms with E-state index in [0.717, 1.165) is 5.92 Å². The van der Waals surface area contributed by atoms with E-state index < -0.39 is 0 Å². The molecule has 0 heteroatoms. The number of rotatable bonds is 15. The van der Waals surface area contributed by atoms with E-state index in [2.05, 4.69) is 45.0 Å². The van der Waals surface area contributed by atoms with Crippen molar-refractivity contribution in [2.45, 2.75) is 117 Å². The van der Waals surface area contributed by atoms with Crippen molar-refractivity contribution >= 4 is 0 Å². The van der Waals surface area contributed by atoms with Gasteiger partial charge < -0.3 is 0 Å². The van der Waals surface area contributed by atoms with Crippen LogP contribution in [0.25, 0.3) is 0 Å². The quantitative estimate of drug-likeness (QED) is 0.283. The van der Waals surface area contributed by atoms with Crippen LogP contribution in [0.1, 0.15) is 121 Å². The number of hydrogen-bond donors (Lipinski definition) is 0. The predicted octanol–water partition coefficient (Wildman–Crippen LogP) is 8.44. The zero-order valence-electron chi connectivity index (χ0n) is 16.8. The molecule has 1 atom stereocenters. The largest absolute Gasteiger partial charge is 0.0654 e. The Balaban J connectivity index is 2.22. The molecule has 0 aliphatic rings. The Morgan fingerprint density at radius 1 is 0.708 bits per heavy atom. The van der Waals surface area contributed by atoms with Gasteiger partial charge in [-0.05, 0) is 36.3 Å². The topological polar surface area (TPSA) is 0 Å². The Kier molecular flexibility index (Phi) is 12.9. The zero-order valence-corrected chi connectivity index (χ0v) is 16.8. The maximum atomic E-state index is 2.48. The fraction of sp³-hybridized carbons (Fsp3) is 0.750. The first-order valence-electron chi connectivity index (χ1n) is 10.9. The van der Waals surface area contributed by atoms with Crippen LogP contribution in [0.4, 0.5) is 0 Å². The summed E-state index contributed by atoms with van der Waals surface area (Å²) in [5.74, 6) is 0.723. The van der Waals surface area contributed by atoms with Crippen LogP contribution in [0.2, 0.25) is 0 Å². The average molecular weight is 331 g/mol. The smallest absolute Gasteiger partial charge is 0.0190 e. The lowest BCUT2D eigenvalue weighted by molar-refractivity contribution is 0.556. The number of benzene rings is 1. The molecular weight excluding hydrogens is 288 g/mol. The van der Waals surface area contributed by atoms with Crippen molar-refractivity contribution in [1.29, 1.82) is 0 Å². The van der Waals surface area contributed by atoms with Gasteiger partial charge in [-0.1, -0.05) is 116 Å². The standard InChI is InChI=1S/C24H42/c1-4-6-8-10-12-14-17-22(3)24-20-16-19-23(21-24)18-15-13-11-9-7-5-2/h16,19-22H,4-15,17-18H2,1-3H3. The summed E-state index contributed by atoms with van der Waals surface area (Å²) in [6.07, 6.45) is 19.4. The van der Waals surface area contributed by atoms with Crippen LogP contribution in [0.3, 0.4) is 0 Å². The monoisotopic (exact) mass is 330 g/mol. The van der Waals surface area contributed by atoms with Crippen molar-refractivity contribution < 1.29 is 0 Å². The molecule has 1 aromatic rings. The molecule has 0 amide bonds. The van der Waals surface area contributed by atoms with Crippen LogP contribution in [-0.4, -0.2) is 0 Å². The molecule has 0 spiro atoms. The lowest BCUT2D eigenvalue weighted by atomic mass is 9.92. The molecule has 24 heavy (non-hydrogen) atoms. The minimum absolute atomic E-state index is 0.723. The molecule has 0 aliphatic carbocycles. The molecule has 138 valence electrons. The van der Waals surface area contributed by atoms with Gasteiger partial charge in [0.2, 0.25) is 0 Å². The van der Waals surface area contributed by atoms with Gasteiger partial charge in [-0.25, -0.2) is 0 Å². The summed E-state index contributed by atoms with van der Waals surface area (Å²) in [5, 5.41) is 0. The van der Waals surface area contributed by atoms with Crippen molar-refractivity contribution in [2.75, 3.05) is 0 Å². The Labute approximate surface area is 152 Å². The van der Waals surface area contributed by atoms with Gasteiger partial charge in [-0.2, -0.15) is 0 Å². The second-order valence-electron chi connectivity index (χ2n) is 7.72. The van der Waals surface area contributed by atoms with Gasteiger partial charge in [-0.15, -0.1) is 0 Å². The lowest BCUT2D eigenvalue weighted by Gasteiger charge is -2.13. The minimum atomic E-state index is 0.723. The second-order valence-corrected chi connectivity index (χ2v) is 7.72. The highest BCUT2D eigenvalue weighted by molar-refractivity contribution is 5.26. The van der Waals surface area contributed by atoms with E-state index in [0.29, 0.717) is 0 Å². The molecular formula is C24H42. The first-order valence-corrected chi connectivity index (χ1v) is 10.9. The van der Waals surface area contributed by atoms with Crippen molar-refractivity contribution in [2.24, 2.45) is 0 Å². The van der Waals surface area contributed by atoms with Crippen LogP contribution in [0, 0.1) is 0 Å². The van der Waals surface area contributed by atoms with Crippen molar-refractivity contribution in [3.8, 4) is 0 Å². The third kappa shape index (κ3) is 10.2. The highest BCUT2D eigenvalue weighted by Crippen LogP contribution is 2.24. The zero-order chi connectivity index (χ0) is 17.5. The van der Waals surface area contributed by atoms with E-state index in [9.17, 15) is 0 Å². The van der Waals surface area contributed by atoms with Gasteiger partial charge >= 0.3 is 0 Å². The average Bonchev–Trinajstić information content (AvgIpc) is 2.61. The van der Waals surface area contributed by atoms with E-state index in [1.165, 1.54) is 89.9 Å². The summed E-state index contributed by atoms with van der Waals surface area (Å²) in [4.78, 5) is 0. The number of unbranched alkanes of at least 4 members (excludes halogenated alkanes) is 10. The molecule has 0 saturated heterocycles. The molecule has 1 unspecified atom stereocenters. The van der Waals surface area contributed by atoms with Gasteiger partial charge in [0, 0.05) is 0 Å². The molecule has 1 aromatic carbocycles. The molecule has 1 rings (SSSR count). The molecule has 0 aliphatic heterocycles. The summed E-state index contributed by atoms with van der Waals surface area (Å²) in [7, 11) is 0. The molecule has 0 bridgehead atoms. The van der Waals surface area contributed by atoms with Crippen LogP contribution >= 0.6 is 0 Å². The lowest BCUT2D eigenvalue weighted by Crippen LogP contribution is -1.96. The van der Waals surface area contributed by atoms with Crippen molar-refractivity contribution in [3.05, 3.63) is 35.4 Å². The number of aryl methyl sites for hydroxylation is 1. The van der Waals surface area contributed by atoms with Gasteiger partial charge in [0.1, 0.15) is 0 Å². The summed E-state index contributed by atoms with van der Waals surface area (Å²) in [5.41, 5.74) is 3.12. The van der Waals surface area contributed by atoms with E-state index >= 15 is 0 Å². The maximum Gasteiger partial charge on any atom is -0.0190 e. The minimum Gasteiger partial charge on any atom is -0.0654 e. The fourth-order valence-electron chi connectivity index (χ4n) is 3.56. The molecule has 0 aromatic heterocycles. The Hall–Kier alpha value is -0.780. The third-order valence-electron chi connectivity index (χ3n) is 5.33. The van der Waals surface area contributed by atoms with Crippen LogP contribution in [0.15, 0.2) is 24.3 Å². The van der Waals surface area contributed by atoms with Gasteiger partial charge in [-0.3, -0.25) is 0 Å². The Morgan fingerprint density at radius 2 is 1.29 bits per heavy atom. The Bertz CT molecular complexity index is 393. The van der Waals surface area contributed by atoms with Crippen LogP contribution in [0.5, 0.6) is 0 Å². The second kappa shape index (κ2) is 14.6. The van der Waals surface area contributed by atoms with Gasteiger partial charge in [0.25, 0.3) is 0 Å². The van der Waals surface area contributed by atoms with Crippen molar-refractivity contribution in [3.63, 3.8) is 0 Å². The molecule has 0 radical (unpaired) electrons. The maximum absolute atomic E-state index is 2.48. The molecule has 0 fully saturated rings. The SMILES string of the molecule is CCCCCCCCc1cccc(C(C)CCCCCCCC)c1.